The number of benzene rings is 1. The number of rotatable bonds is 8. The standard InChI is InChI=1S/C27H24FN7O6S/c1-12-6-16(21-18(7-12)33-20(38-4)11-29-21)24-34-19-8-17(28)23(35-25(19)42-24)40-13(2)14(3)41-27(37)32-15-9-30-22(31-10-15)26(36)39-5/h6-11,13-14H,1-5H3,(H,32,37)/t13-,14+/m0/s1. The molecule has 4 heterocycles. The average Bonchev–Trinajstić information content (AvgIpc) is 3.38. The number of carbonyl (C=O) groups is 2. The lowest BCUT2D eigenvalue weighted by atomic mass is 10.1. The number of esters is 1. The molecule has 0 saturated carbocycles. The van der Waals surface area contributed by atoms with Gasteiger partial charge in [-0.3, -0.25) is 5.32 Å². The SMILES string of the molecule is COC(=O)c1ncc(NC(=O)O[C@H](C)[C@H](C)Oc2nc3sc(-c4cc(C)cc5nc(OC)cnc45)nc3cc2F)cn1. The maximum Gasteiger partial charge on any atom is 0.412 e. The number of ether oxygens (including phenoxy) is 4. The molecule has 216 valence electrons. The summed E-state index contributed by atoms with van der Waals surface area (Å²) >= 11 is 1.25. The zero-order chi connectivity index (χ0) is 30.0. The molecule has 0 aliphatic heterocycles. The van der Waals surface area contributed by atoms with E-state index in [0.29, 0.717) is 32.3 Å². The molecule has 13 nitrogen and oxygen atoms in total. The van der Waals surface area contributed by atoms with Crippen LogP contribution in [0.15, 0.2) is 36.8 Å². The predicted molar refractivity (Wildman–Crippen MR) is 150 cm³/mol. The molecule has 1 aromatic carbocycles. The summed E-state index contributed by atoms with van der Waals surface area (Å²) in [6.45, 7) is 5.13. The lowest BCUT2D eigenvalue weighted by Gasteiger charge is -2.21. The van der Waals surface area contributed by atoms with Crippen molar-refractivity contribution in [3.8, 4) is 22.3 Å². The molecule has 0 radical (unpaired) electrons. The highest BCUT2D eigenvalue weighted by Crippen LogP contribution is 2.35. The Hall–Kier alpha value is -5.05. The lowest BCUT2D eigenvalue weighted by molar-refractivity contribution is 0.0379. The summed E-state index contributed by atoms with van der Waals surface area (Å²) in [7, 11) is 2.72. The van der Waals surface area contributed by atoms with Crippen molar-refractivity contribution in [1.29, 1.82) is 0 Å². The van der Waals surface area contributed by atoms with Crippen molar-refractivity contribution >= 4 is 50.5 Å². The van der Waals surface area contributed by atoms with Crippen LogP contribution in [0.4, 0.5) is 14.9 Å². The fraction of sp³-hybridized carbons (Fsp3) is 0.259. The number of thiazole rings is 1. The number of nitrogens with zero attached hydrogens (tertiary/aromatic N) is 6. The molecule has 0 fully saturated rings. The Morgan fingerprint density at radius 1 is 0.952 bits per heavy atom. The first-order chi connectivity index (χ1) is 20.1. The van der Waals surface area contributed by atoms with Crippen LogP contribution in [-0.4, -0.2) is 68.4 Å². The van der Waals surface area contributed by atoms with Crippen LogP contribution in [0.25, 0.3) is 32.0 Å². The van der Waals surface area contributed by atoms with E-state index in [9.17, 15) is 14.0 Å². The summed E-state index contributed by atoms with van der Waals surface area (Å²) in [6.07, 6.45) is 1.58. The number of fused-ring (bicyclic) bond motifs is 2. The molecular weight excluding hydrogens is 569 g/mol. The number of amides is 1. The van der Waals surface area contributed by atoms with Gasteiger partial charge in [-0.25, -0.2) is 38.9 Å². The van der Waals surface area contributed by atoms with Gasteiger partial charge in [0.1, 0.15) is 27.6 Å². The van der Waals surface area contributed by atoms with Gasteiger partial charge in [0.15, 0.2) is 5.82 Å². The Morgan fingerprint density at radius 2 is 1.71 bits per heavy atom. The van der Waals surface area contributed by atoms with E-state index < -0.39 is 30.1 Å². The third-order valence-corrected chi connectivity index (χ3v) is 7.03. The fourth-order valence-electron chi connectivity index (χ4n) is 3.81. The summed E-state index contributed by atoms with van der Waals surface area (Å²) in [5, 5.41) is 3.04. The molecule has 4 aromatic heterocycles. The van der Waals surface area contributed by atoms with Gasteiger partial charge in [0, 0.05) is 11.6 Å². The molecule has 0 bridgehead atoms. The van der Waals surface area contributed by atoms with Crippen LogP contribution in [0.3, 0.4) is 0 Å². The maximum atomic E-state index is 15.0. The van der Waals surface area contributed by atoms with Crippen LogP contribution in [0, 0.1) is 12.7 Å². The number of anilines is 1. The van der Waals surface area contributed by atoms with E-state index in [1.54, 1.807) is 13.8 Å². The van der Waals surface area contributed by atoms with E-state index >= 15 is 0 Å². The lowest BCUT2D eigenvalue weighted by Crippen LogP contribution is -2.33. The number of nitrogens with one attached hydrogen (secondary N) is 1. The molecule has 5 rings (SSSR count). The Bertz CT molecular complexity index is 1800. The molecule has 15 heteroatoms. The van der Waals surface area contributed by atoms with Gasteiger partial charge in [-0.1, -0.05) is 11.3 Å². The number of hydrogen-bond donors (Lipinski definition) is 1. The molecule has 1 amide bonds. The van der Waals surface area contributed by atoms with Crippen molar-refractivity contribution in [3.05, 3.63) is 54.0 Å². The minimum Gasteiger partial charge on any atom is -0.480 e. The van der Waals surface area contributed by atoms with Gasteiger partial charge in [0.05, 0.1) is 49.5 Å². The molecule has 5 aromatic rings. The Labute approximate surface area is 242 Å². The smallest absolute Gasteiger partial charge is 0.412 e. The van der Waals surface area contributed by atoms with Crippen LogP contribution < -0.4 is 14.8 Å². The summed E-state index contributed by atoms with van der Waals surface area (Å²) in [5.74, 6) is -1.46. The molecule has 42 heavy (non-hydrogen) atoms. The van der Waals surface area contributed by atoms with Gasteiger partial charge in [0.2, 0.25) is 11.7 Å². The predicted octanol–water partition coefficient (Wildman–Crippen LogP) is 4.74. The van der Waals surface area contributed by atoms with Crippen molar-refractivity contribution in [2.45, 2.75) is 33.0 Å². The van der Waals surface area contributed by atoms with Crippen LogP contribution >= 0.6 is 11.3 Å². The van der Waals surface area contributed by atoms with Gasteiger partial charge in [-0.05, 0) is 38.5 Å². The summed E-state index contributed by atoms with van der Waals surface area (Å²) < 4.78 is 35.8. The Morgan fingerprint density at radius 3 is 2.43 bits per heavy atom. The molecule has 0 aliphatic rings. The first kappa shape index (κ1) is 28.5. The third-order valence-electron chi connectivity index (χ3n) is 6.03. The van der Waals surface area contributed by atoms with E-state index in [-0.39, 0.29) is 17.4 Å². The molecule has 0 unspecified atom stereocenters. The number of hydrogen-bond acceptors (Lipinski definition) is 13. The summed E-state index contributed by atoms with van der Waals surface area (Å²) in [6, 6.07) is 5.07. The van der Waals surface area contributed by atoms with Gasteiger partial charge >= 0.3 is 12.1 Å². The largest absolute Gasteiger partial charge is 0.480 e. The van der Waals surface area contributed by atoms with E-state index in [0.717, 1.165) is 11.1 Å². The average molecular weight is 594 g/mol. The van der Waals surface area contributed by atoms with Gasteiger partial charge in [-0.15, -0.1) is 0 Å². The third kappa shape index (κ3) is 6.00. The number of carbonyl (C=O) groups excluding carboxylic acids is 2. The summed E-state index contributed by atoms with van der Waals surface area (Å²) in [4.78, 5) is 49.7. The van der Waals surface area contributed by atoms with Gasteiger partial charge in [0.25, 0.3) is 5.88 Å². The molecule has 0 aliphatic carbocycles. The first-order valence-electron chi connectivity index (χ1n) is 12.5. The molecule has 0 saturated heterocycles. The Balaban J connectivity index is 1.30. The highest BCUT2D eigenvalue weighted by Gasteiger charge is 2.23. The number of pyridine rings is 1. The van der Waals surface area contributed by atoms with Gasteiger partial charge < -0.3 is 18.9 Å². The molecule has 1 N–H and O–H groups in total. The topological polar surface area (TPSA) is 160 Å². The van der Waals surface area contributed by atoms with Crippen LogP contribution in [-0.2, 0) is 9.47 Å². The van der Waals surface area contributed by atoms with Crippen molar-refractivity contribution in [2.24, 2.45) is 0 Å². The molecule has 2 atom stereocenters. The van der Waals surface area contributed by atoms with E-state index in [4.69, 9.17) is 14.2 Å². The number of aryl methyl sites for hydroxylation is 1. The molecular formula is C27H24FN7O6S. The van der Waals surface area contributed by atoms with E-state index in [1.807, 2.05) is 19.1 Å². The monoisotopic (exact) mass is 593 g/mol. The fourth-order valence-corrected chi connectivity index (χ4v) is 4.74. The van der Waals surface area contributed by atoms with Crippen molar-refractivity contribution < 1.29 is 32.9 Å². The van der Waals surface area contributed by atoms with E-state index in [2.05, 4.69) is 40.0 Å². The second-order valence-electron chi connectivity index (χ2n) is 9.06. The maximum absolute atomic E-state index is 15.0. The normalized spacial score (nSPS) is 12.5. The van der Waals surface area contributed by atoms with Crippen molar-refractivity contribution in [2.75, 3.05) is 19.5 Å². The van der Waals surface area contributed by atoms with Crippen LogP contribution in [0.2, 0.25) is 0 Å². The second-order valence-corrected chi connectivity index (χ2v) is 10.0. The van der Waals surface area contributed by atoms with Crippen LogP contribution in [0.1, 0.15) is 30.0 Å². The minimum absolute atomic E-state index is 0.159. The zero-order valence-electron chi connectivity index (χ0n) is 23.0. The van der Waals surface area contributed by atoms with E-state index in [1.165, 1.54) is 50.2 Å². The van der Waals surface area contributed by atoms with Gasteiger partial charge in [-0.2, -0.15) is 4.98 Å². The number of halogens is 1. The van der Waals surface area contributed by atoms with Crippen LogP contribution in [0.5, 0.6) is 11.8 Å². The number of aromatic nitrogens is 6. The Kier molecular flexibility index (Phi) is 8.01. The summed E-state index contributed by atoms with van der Waals surface area (Å²) in [5.41, 5.74) is 3.50. The van der Waals surface area contributed by atoms with Crippen molar-refractivity contribution in [3.63, 3.8) is 0 Å². The minimum atomic E-state index is -0.825. The highest BCUT2D eigenvalue weighted by atomic mass is 32.1. The number of methoxy groups -OCH3 is 2. The quantitative estimate of drug-likeness (QED) is 0.247. The van der Waals surface area contributed by atoms with Crippen molar-refractivity contribution in [1.82, 2.24) is 29.9 Å². The first-order valence-corrected chi connectivity index (χ1v) is 13.3. The zero-order valence-corrected chi connectivity index (χ0v) is 23.9. The highest BCUT2D eigenvalue weighted by molar-refractivity contribution is 7.21. The molecule has 0 spiro atoms. The second kappa shape index (κ2) is 11.8.